The molecular weight excluding hydrogens is 430 g/mol. The number of benzene rings is 2. The molecule has 0 unspecified atom stereocenters. The van der Waals surface area contributed by atoms with Crippen LogP contribution in [-0.2, 0) is 0 Å². The van der Waals surface area contributed by atoms with Gasteiger partial charge in [0.1, 0.15) is 5.75 Å². The van der Waals surface area contributed by atoms with Crippen LogP contribution in [0.25, 0.3) is 0 Å². The summed E-state index contributed by atoms with van der Waals surface area (Å²) in [6.45, 7) is 4.53. The number of nitrogens with two attached hydrogens (primary N) is 1. The Hall–Kier alpha value is -2.45. The van der Waals surface area contributed by atoms with E-state index in [1.54, 1.807) is 42.5 Å². The lowest BCUT2D eigenvalue weighted by atomic mass is 10.1. The van der Waals surface area contributed by atoms with E-state index < -0.39 is 11.8 Å². The highest BCUT2D eigenvalue weighted by molar-refractivity contribution is 9.10. The van der Waals surface area contributed by atoms with Crippen LogP contribution in [-0.4, -0.2) is 23.5 Å². The van der Waals surface area contributed by atoms with Crippen molar-refractivity contribution < 1.29 is 14.3 Å². The third-order valence-corrected chi connectivity index (χ3v) is 4.12. The summed E-state index contributed by atoms with van der Waals surface area (Å²) < 4.78 is 6.46. The number of amides is 2. The molecular formula is C19H20BrN3O3S. The Morgan fingerprint density at radius 3 is 2.56 bits per heavy atom. The lowest BCUT2D eigenvalue weighted by Crippen LogP contribution is -2.35. The summed E-state index contributed by atoms with van der Waals surface area (Å²) in [6.07, 6.45) is 0. The molecule has 2 aromatic carbocycles. The fourth-order valence-corrected chi connectivity index (χ4v) is 2.76. The van der Waals surface area contributed by atoms with Gasteiger partial charge in [-0.15, -0.1) is 0 Å². The molecule has 0 bridgehead atoms. The van der Waals surface area contributed by atoms with Crippen LogP contribution in [0.1, 0.15) is 34.6 Å². The van der Waals surface area contributed by atoms with E-state index in [0.717, 1.165) is 4.47 Å². The normalized spacial score (nSPS) is 10.4. The smallest absolute Gasteiger partial charge is 0.261 e. The second-order valence-electron chi connectivity index (χ2n) is 6.16. The summed E-state index contributed by atoms with van der Waals surface area (Å²) in [6, 6.07) is 11.8. The number of hydrogen-bond donors (Lipinski definition) is 3. The highest BCUT2D eigenvalue weighted by Crippen LogP contribution is 2.24. The van der Waals surface area contributed by atoms with Gasteiger partial charge in [-0.25, -0.2) is 0 Å². The van der Waals surface area contributed by atoms with Crippen LogP contribution in [0.4, 0.5) is 5.69 Å². The van der Waals surface area contributed by atoms with Crippen molar-refractivity contribution in [2.75, 3.05) is 11.9 Å². The van der Waals surface area contributed by atoms with Gasteiger partial charge in [-0.1, -0.05) is 41.9 Å². The van der Waals surface area contributed by atoms with E-state index in [1.807, 2.05) is 13.8 Å². The minimum Gasteiger partial charge on any atom is -0.492 e. The average molecular weight is 450 g/mol. The summed E-state index contributed by atoms with van der Waals surface area (Å²) in [5.74, 6) is -0.241. The Bertz CT molecular complexity index is 871. The van der Waals surface area contributed by atoms with Gasteiger partial charge >= 0.3 is 0 Å². The molecule has 8 heteroatoms. The van der Waals surface area contributed by atoms with Crippen molar-refractivity contribution >= 4 is 50.8 Å². The zero-order chi connectivity index (χ0) is 20.0. The Kier molecular flexibility index (Phi) is 7.32. The van der Waals surface area contributed by atoms with Gasteiger partial charge < -0.3 is 15.8 Å². The van der Waals surface area contributed by atoms with Gasteiger partial charge in [-0.3, -0.25) is 14.9 Å². The van der Waals surface area contributed by atoms with E-state index >= 15 is 0 Å². The Morgan fingerprint density at radius 2 is 1.89 bits per heavy atom. The first kappa shape index (κ1) is 20.9. The lowest BCUT2D eigenvalue weighted by Gasteiger charge is -2.15. The van der Waals surface area contributed by atoms with E-state index in [9.17, 15) is 9.59 Å². The predicted octanol–water partition coefficient (Wildman–Crippen LogP) is 3.71. The third-order valence-electron chi connectivity index (χ3n) is 3.43. The van der Waals surface area contributed by atoms with Crippen molar-refractivity contribution in [1.82, 2.24) is 5.32 Å². The molecule has 6 nitrogen and oxygen atoms in total. The number of carbonyl (C=O) groups is 2. The van der Waals surface area contributed by atoms with Crippen LogP contribution >= 0.6 is 28.1 Å². The molecule has 2 aromatic rings. The molecule has 0 fully saturated rings. The number of anilines is 1. The number of para-hydroxylation sites is 1. The number of hydrogen-bond acceptors (Lipinski definition) is 4. The second-order valence-corrected chi connectivity index (χ2v) is 7.49. The lowest BCUT2D eigenvalue weighted by molar-refractivity contribution is 0.0971. The number of carbonyl (C=O) groups excluding carboxylic acids is 2. The van der Waals surface area contributed by atoms with Crippen molar-refractivity contribution in [2.24, 2.45) is 11.7 Å². The topological polar surface area (TPSA) is 93.4 Å². The van der Waals surface area contributed by atoms with Crippen LogP contribution in [0.5, 0.6) is 5.75 Å². The fourth-order valence-electron chi connectivity index (χ4n) is 2.19. The van der Waals surface area contributed by atoms with Gasteiger partial charge in [0.05, 0.1) is 23.4 Å². The quantitative estimate of drug-likeness (QED) is 0.584. The molecule has 0 aliphatic heterocycles. The third kappa shape index (κ3) is 6.04. The number of rotatable bonds is 6. The van der Waals surface area contributed by atoms with Crippen molar-refractivity contribution in [2.45, 2.75) is 13.8 Å². The van der Waals surface area contributed by atoms with Gasteiger partial charge in [0.25, 0.3) is 11.8 Å². The van der Waals surface area contributed by atoms with Crippen LogP contribution in [0.15, 0.2) is 46.9 Å². The maximum absolute atomic E-state index is 12.7. The summed E-state index contributed by atoms with van der Waals surface area (Å²) >= 11 is 8.55. The summed E-state index contributed by atoms with van der Waals surface area (Å²) in [4.78, 5) is 24.1. The number of thiocarbonyl (C=S) groups is 1. The fraction of sp³-hybridized carbons (Fsp3) is 0.211. The number of ether oxygens (including phenoxy) is 1. The van der Waals surface area contributed by atoms with Crippen LogP contribution < -0.4 is 21.1 Å². The number of halogens is 1. The SMILES string of the molecule is CC(C)COc1ccc(Br)cc1C(=O)NC(=S)Nc1ccccc1C(N)=O. The maximum atomic E-state index is 12.7. The summed E-state index contributed by atoms with van der Waals surface area (Å²) in [5.41, 5.74) is 6.38. The molecule has 0 heterocycles. The van der Waals surface area contributed by atoms with E-state index in [2.05, 4.69) is 26.6 Å². The maximum Gasteiger partial charge on any atom is 0.261 e. The Morgan fingerprint density at radius 1 is 1.19 bits per heavy atom. The van der Waals surface area contributed by atoms with Gasteiger partial charge in [0.15, 0.2) is 5.11 Å². The first-order chi connectivity index (χ1) is 12.8. The molecule has 0 saturated heterocycles. The molecule has 2 amide bonds. The molecule has 27 heavy (non-hydrogen) atoms. The molecule has 0 saturated carbocycles. The van der Waals surface area contributed by atoms with Gasteiger partial charge in [0, 0.05) is 4.47 Å². The van der Waals surface area contributed by atoms with E-state index in [0.29, 0.717) is 29.5 Å². The minimum absolute atomic E-state index is 0.0449. The van der Waals surface area contributed by atoms with Gasteiger partial charge in [-0.2, -0.15) is 0 Å². The number of nitrogens with one attached hydrogen (secondary N) is 2. The molecule has 0 spiro atoms. The highest BCUT2D eigenvalue weighted by atomic mass is 79.9. The Balaban J connectivity index is 2.14. The highest BCUT2D eigenvalue weighted by Gasteiger charge is 2.16. The van der Waals surface area contributed by atoms with Crippen LogP contribution in [0.2, 0.25) is 0 Å². The minimum atomic E-state index is -0.594. The Labute approximate surface area is 171 Å². The van der Waals surface area contributed by atoms with Crippen molar-refractivity contribution in [3.63, 3.8) is 0 Å². The summed E-state index contributed by atoms with van der Waals surface area (Å²) in [7, 11) is 0. The second kappa shape index (κ2) is 9.48. The predicted molar refractivity (Wildman–Crippen MR) is 113 cm³/mol. The first-order valence-corrected chi connectivity index (χ1v) is 9.41. The molecule has 142 valence electrons. The molecule has 0 aliphatic carbocycles. The number of primary amides is 1. The zero-order valence-corrected chi connectivity index (χ0v) is 17.3. The van der Waals surface area contributed by atoms with E-state index in [1.165, 1.54) is 0 Å². The zero-order valence-electron chi connectivity index (χ0n) is 14.9. The monoisotopic (exact) mass is 449 g/mol. The van der Waals surface area contributed by atoms with E-state index in [4.69, 9.17) is 22.7 Å². The van der Waals surface area contributed by atoms with Crippen LogP contribution in [0, 0.1) is 5.92 Å². The molecule has 0 atom stereocenters. The van der Waals surface area contributed by atoms with Crippen molar-refractivity contribution in [1.29, 1.82) is 0 Å². The molecule has 4 N–H and O–H groups in total. The van der Waals surface area contributed by atoms with Crippen molar-refractivity contribution in [3.05, 3.63) is 58.1 Å². The van der Waals surface area contributed by atoms with Gasteiger partial charge in [0.2, 0.25) is 0 Å². The molecule has 0 aliphatic rings. The van der Waals surface area contributed by atoms with Gasteiger partial charge in [-0.05, 0) is 48.5 Å². The van der Waals surface area contributed by atoms with Crippen molar-refractivity contribution in [3.8, 4) is 5.75 Å². The largest absolute Gasteiger partial charge is 0.492 e. The molecule has 0 radical (unpaired) electrons. The summed E-state index contributed by atoms with van der Waals surface area (Å²) in [5, 5.41) is 5.46. The van der Waals surface area contributed by atoms with E-state index in [-0.39, 0.29) is 10.7 Å². The first-order valence-electron chi connectivity index (χ1n) is 8.21. The molecule has 0 aromatic heterocycles. The average Bonchev–Trinajstić information content (AvgIpc) is 2.60. The standard InChI is InChI=1S/C19H20BrN3O3S/c1-11(2)10-26-16-8-7-12(20)9-14(16)18(25)23-19(27)22-15-6-4-3-5-13(15)17(21)24/h3-9,11H,10H2,1-2H3,(H2,21,24)(H2,22,23,25,27). The molecule has 2 rings (SSSR count). The van der Waals surface area contributed by atoms with Crippen LogP contribution in [0.3, 0.4) is 0 Å².